The number of anilines is 2. The van der Waals surface area contributed by atoms with Crippen molar-refractivity contribution in [3.63, 3.8) is 0 Å². The van der Waals surface area contributed by atoms with Crippen molar-refractivity contribution >= 4 is 34.8 Å². The summed E-state index contributed by atoms with van der Waals surface area (Å²) in [4.78, 5) is 31.2. The van der Waals surface area contributed by atoms with Gasteiger partial charge in [-0.1, -0.05) is 6.92 Å². The molecule has 0 saturated heterocycles. The first kappa shape index (κ1) is 24.7. The second-order valence-corrected chi connectivity index (χ2v) is 9.58. The van der Waals surface area contributed by atoms with Gasteiger partial charge in [0, 0.05) is 36.8 Å². The molecular formula is C26H30FN7O3. The summed E-state index contributed by atoms with van der Waals surface area (Å²) in [6.45, 7) is 5.40. The summed E-state index contributed by atoms with van der Waals surface area (Å²) in [7, 11) is 0. The maximum Gasteiger partial charge on any atom is 0.238 e. The van der Waals surface area contributed by atoms with Gasteiger partial charge in [-0.2, -0.15) is 0 Å². The van der Waals surface area contributed by atoms with E-state index in [-0.39, 0.29) is 29.4 Å². The molecule has 11 heteroatoms. The Balaban J connectivity index is 1.24. The molecule has 37 heavy (non-hydrogen) atoms. The molecule has 194 valence electrons. The van der Waals surface area contributed by atoms with Crippen LogP contribution in [0.4, 0.5) is 15.9 Å². The van der Waals surface area contributed by atoms with Crippen LogP contribution >= 0.6 is 0 Å². The van der Waals surface area contributed by atoms with Gasteiger partial charge in [0.25, 0.3) is 0 Å². The Morgan fingerprint density at radius 3 is 2.65 bits per heavy atom. The third-order valence-electron chi connectivity index (χ3n) is 6.73. The molecule has 2 fully saturated rings. The van der Waals surface area contributed by atoms with Crippen molar-refractivity contribution in [3.8, 4) is 11.6 Å². The summed E-state index contributed by atoms with van der Waals surface area (Å²) in [5.74, 6) is -0.149. The maximum absolute atomic E-state index is 14.9. The van der Waals surface area contributed by atoms with Gasteiger partial charge in [-0.3, -0.25) is 15.0 Å². The maximum atomic E-state index is 14.9. The minimum absolute atomic E-state index is 0.0535. The summed E-state index contributed by atoms with van der Waals surface area (Å²) >= 11 is 0. The van der Waals surface area contributed by atoms with Crippen molar-refractivity contribution < 1.29 is 18.7 Å². The van der Waals surface area contributed by atoms with Crippen LogP contribution in [-0.4, -0.2) is 50.2 Å². The summed E-state index contributed by atoms with van der Waals surface area (Å²) < 4.78 is 21.9. The third-order valence-corrected chi connectivity index (χ3v) is 6.73. The smallest absolute Gasteiger partial charge is 0.238 e. The number of amidine groups is 1. The number of fused-ring (bicyclic) bond motifs is 1. The second kappa shape index (κ2) is 9.79. The lowest BCUT2D eigenvalue weighted by Crippen LogP contribution is -2.42. The topological polar surface area (TPSA) is 125 Å². The fourth-order valence-corrected chi connectivity index (χ4v) is 4.27. The van der Waals surface area contributed by atoms with Crippen molar-refractivity contribution in [2.45, 2.75) is 46.0 Å². The first-order chi connectivity index (χ1) is 17.8. The molecule has 2 saturated carbocycles. The van der Waals surface area contributed by atoms with Gasteiger partial charge in [-0.05, 0) is 57.2 Å². The lowest BCUT2D eigenvalue weighted by molar-refractivity contribution is -0.119. The average Bonchev–Trinajstić information content (AvgIpc) is 3.80. The summed E-state index contributed by atoms with van der Waals surface area (Å²) in [6, 6.07) is 7.39. The third kappa shape index (κ3) is 5.11. The molecule has 3 N–H and O–H groups in total. The molecule has 10 nitrogen and oxygen atoms in total. The second-order valence-electron chi connectivity index (χ2n) is 9.58. The van der Waals surface area contributed by atoms with Gasteiger partial charge in [-0.25, -0.2) is 13.9 Å². The SMILES string of the molecule is CCCN(CC)C(=N)C1(C(=O)Nc2ccc(Oc3ccc4nc(NC(=O)C5CC5)cn4n3)c(F)c2)CC1. The van der Waals surface area contributed by atoms with E-state index < -0.39 is 11.2 Å². The van der Waals surface area contributed by atoms with Crippen LogP contribution in [0.25, 0.3) is 5.65 Å². The van der Waals surface area contributed by atoms with E-state index in [0.29, 0.717) is 42.4 Å². The molecule has 0 bridgehead atoms. The van der Waals surface area contributed by atoms with Gasteiger partial charge >= 0.3 is 0 Å². The molecule has 2 heterocycles. The lowest BCUT2D eigenvalue weighted by Gasteiger charge is -2.28. The minimum atomic E-state index is -0.849. The van der Waals surface area contributed by atoms with Crippen molar-refractivity contribution in [1.29, 1.82) is 5.41 Å². The van der Waals surface area contributed by atoms with Gasteiger partial charge in [0.15, 0.2) is 23.0 Å². The van der Waals surface area contributed by atoms with Crippen molar-refractivity contribution in [3.05, 3.63) is 42.3 Å². The van der Waals surface area contributed by atoms with Crippen molar-refractivity contribution in [2.24, 2.45) is 11.3 Å². The molecule has 3 aromatic rings. The Bertz CT molecular complexity index is 1360. The van der Waals surface area contributed by atoms with Crippen LogP contribution in [0.3, 0.4) is 0 Å². The summed E-state index contributed by atoms with van der Waals surface area (Å²) in [6.07, 6.45) is 5.46. The number of hydrogen-bond acceptors (Lipinski definition) is 6. The Kier molecular flexibility index (Phi) is 6.53. The van der Waals surface area contributed by atoms with Crippen LogP contribution in [0.15, 0.2) is 36.5 Å². The zero-order valence-electron chi connectivity index (χ0n) is 20.9. The monoisotopic (exact) mass is 507 g/mol. The van der Waals surface area contributed by atoms with E-state index >= 15 is 0 Å². The number of hydrogen-bond donors (Lipinski definition) is 3. The Labute approximate surface area is 213 Å². The van der Waals surface area contributed by atoms with Crippen LogP contribution in [0.1, 0.15) is 46.0 Å². The van der Waals surface area contributed by atoms with E-state index in [1.165, 1.54) is 16.6 Å². The van der Waals surface area contributed by atoms with Crippen molar-refractivity contribution in [2.75, 3.05) is 23.7 Å². The van der Waals surface area contributed by atoms with Crippen molar-refractivity contribution in [1.82, 2.24) is 19.5 Å². The average molecular weight is 508 g/mol. The number of carbonyl (C=O) groups is 2. The van der Waals surface area contributed by atoms with Gasteiger partial charge < -0.3 is 20.3 Å². The quantitative estimate of drug-likeness (QED) is 0.275. The first-order valence-corrected chi connectivity index (χ1v) is 12.6. The molecular weight excluding hydrogens is 477 g/mol. The zero-order chi connectivity index (χ0) is 26.2. The highest BCUT2D eigenvalue weighted by Gasteiger charge is 2.55. The highest BCUT2D eigenvalue weighted by atomic mass is 19.1. The van der Waals surface area contributed by atoms with Gasteiger partial charge in [0.1, 0.15) is 11.3 Å². The van der Waals surface area contributed by atoms with Crippen LogP contribution in [0.5, 0.6) is 11.6 Å². The van der Waals surface area contributed by atoms with Gasteiger partial charge in [0.2, 0.25) is 17.7 Å². The highest BCUT2D eigenvalue weighted by Crippen LogP contribution is 2.48. The number of rotatable bonds is 10. The highest BCUT2D eigenvalue weighted by molar-refractivity contribution is 6.14. The van der Waals surface area contributed by atoms with Crippen LogP contribution in [0, 0.1) is 22.6 Å². The molecule has 0 aliphatic heterocycles. The van der Waals surface area contributed by atoms with Crippen LogP contribution in [-0.2, 0) is 9.59 Å². The standard InChI is InChI=1S/C26H30FN7O3/c1-3-13-33(4-2)24(28)26(11-12-26)25(36)29-17-7-8-19(18(27)14-17)37-22-10-9-21-30-20(15-34(21)32-22)31-23(35)16-5-6-16/h7-10,14-16,28H,3-6,11-13H2,1-2H3,(H,29,36)(H,31,35). The first-order valence-electron chi connectivity index (χ1n) is 12.6. The molecule has 0 radical (unpaired) electrons. The molecule has 2 aliphatic carbocycles. The number of benzene rings is 1. The zero-order valence-corrected chi connectivity index (χ0v) is 20.9. The summed E-state index contributed by atoms with van der Waals surface area (Å²) in [5.41, 5.74) is -0.0450. The Morgan fingerprint density at radius 1 is 1.22 bits per heavy atom. The number of amides is 2. The molecule has 2 aliphatic rings. The molecule has 1 aromatic carbocycles. The lowest BCUT2D eigenvalue weighted by atomic mass is 10.0. The molecule has 2 aromatic heterocycles. The number of ether oxygens (including phenoxy) is 1. The number of nitrogens with zero attached hydrogens (tertiary/aromatic N) is 4. The molecule has 5 rings (SSSR count). The fraction of sp³-hybridized carbons (Fsp3) is 0.423. The number of carbonyl (C=O) groups excluding carboxylic acids is 2. The van der Waals surface area contributed by atoms with Crippen LogP contribution in [0.2, 0.25) is 0 Å². The predicted molar refractivity (Wildman–Crippen MR) is 136 cm³/mol. The summed E-state index contributed by atoms with van der Waals surface area (Å²) in [5, 5.41) is 18.4. The van der Waals surface area contributed by atoms with E-state index in [1.807, 2.05) is 18.7 Å². The molecule has 0 atom stereocenters. The van der Waals surface area contributed by atoms with Crippen LogP contribution < -0.4 is 15.4 Å². The number of nitrogens with one attached hydrogen (secondary N) is 3. The molecule has 2 amide bonds. The van der Waals surface area contributed by atoms with E-state index in [0.717, 1.165) is 25.8 Å². The van der Waals surface area contributed by atoms with E-state index in [9.17, 15) is 14.0 Å². The Hall–Kier alpha value is -4.02. The number of halogens is 1. The molecule has 0 spiro atoms. The van der Waals surface area contributed by atoms with E-state index in [4.69, 9.17) is 10.1 Å². The number of aromatic nitrogens is 3. The minimum Gasteiger partial charge on any atom is -0.434 e. The van der Waals surface area contributed by atoms with E-state index in [1.54, 1.807) is 24.4 Å². The molecule has 0 unspecified atom stereocenters. The van der Waals surface area contributed by atoms with Gasteiger partial charge in [-0.15, -0.1) is 5.10 Å². The predicted octanol–water partition coefficient (Wildman–Crippen LogP) is 4.44. The largest absolute Gasteiger partial charge is 0.434 e. The fourth-order valence-electron chi connectivity index (χ4n) is 4.27. The van der Waals surface area contributed by atoms with Gasteiger partial charge in [0.05, 0.1) is 6.20 Å². The Morgan fingerprint density at radius 2 is 2.00 bits per heavy atom. The number of imidazole rings is 1. The normalized spacial score (nSPS) is 15.8. The van der Waals surface area contributed by atoms with E-state index in [2.05, 4.69) is 20.7 Å².